The summed E-state index contributed by atoms with van der Waals surface area (Å²) in [7, 11) is 1.56. The topological polar surface area (TPSA) is 80.0 Å². The van der Waals surface area contributed by atoms with Crippen LogP contribution in [0.25, 0.3) is 10.9 Å². The number of hydrogen-bond acceptors (Lipinski definition) is 7. The molecule has 134 valence electrons. The first kappa shape index (κ1) is 16.3. The van der Waals surface area contributed by atoms with E-state index in [2.05, 4.69) is 4.98 Å². The van der Waals surface area contributed by atoms with Gasteiger partial charge in [-0.1, -0.05) is 12.1 Å². The van der Waals surface area contributed by atoms with Crippen LogP contribution in [0.2, 0.25) is 0 Å². The molecule has 0 fully saturated rings. The first-order valence-corrected chi connectivity index (χ1v) is 8.24. The highest BCUT2D eigenvalue weighted by Gasteiger charge is 2.16. The average molecular weight is 355 g/mol. The Hall–Kier alpha value is -3.22. The minimum Gasteiger partial charge on any atom is -0.493 e. The Morgan fingerprint density at radius 2 is 1.81 bits per heavy atom. The van der Waals surface area contributed by atoms with Crippen molar-refractivity contribution in [3.8, 4) is 23.0 Å². The molecule has 1 aromatic heterocycles. The van der Waals surface area contributed by atoms with Gasteiger partial charge in [0, 0.05) is 18.6 Å². The molecule has 0 amide bonds. The summed E-state index contributed by atoms with van der Waals surface area (Å²) in [5.41, 5.74) is -0.0200. The SMILES string of the molecule is COc1ccccc1OCc1nc2cc3c(cc2c(=O)o1)OCCCO3. The van der Waals surface area contributed by atoms with Gasteiger partial charge in [-0.05, 0) is 12.1 Å². The van der Waals surface area contributed by atoms with Crippen LogP contribution in [0.15, 0.2) is 45.6 Å². The highest BCUT2D eigenvalue weighted by molar-refractivity contribution is 5.81. The number of nitrogens with zero attached hydrogens (tertiary/aromatic N) is 1. The van der Waals surface area contributed by atoms with Crippen molar-refractivity contribution >= 4 is 10.9 Å². The van der Waals surface area contributed by atoms with Gasteiger partial charge in [-0.15, -0.1) is 0 Å². The second-order valence-corrected chi connectivity index (χ2v) is 5.70. The van der Waals surface area contributed by atoms with Crippen LogP contribution >= 0.6 is 0 Å². The van der Waals surface area contributed by atoms with E-state index in [4.69, 9.17) is 23.4 Å². The Kier molecular flexibility index (Phi) is 4.35. The smallest absolute Gasteiger partial charge is 0.347 e. The van der Waals surface area contributed by atoms with E-state index in [-0.39, 0.29) is 12.5 Å². The fourth-order valence-electron chi connectivity index (χ4n) is 2.71. The van der Waals surface area contributed by atoms with Crippen molar-refractivity contribution in [3.63, 3.8) is 0 Å². The number of aromatic nitrogens is 1. The maximum atomic E-state index is 12.3. The van der Waals surface area contributed by atoms with E-state index in [1.807, 2.05) is 12.1 Å². The predicted molar refractivity (Wildman–Crippen MR) is 93.2 cm³/mol. The number of fused-ring (bicyclic) bond motifs is 2. The zero-order valence-corrected chi connectivity index (χ0v) is 14.2. The molecule has 2 heterocycles. The molecule has 0 saturated carbocycles. The van der Waals surface area contributed by atoms with Crippen molar-refractivity contribution in [1.29, 1.82) is 0 Å². The van der Waals surface area contributed by atoms with Gasteiger partial charge in [0.05, 0.1) is 31.2 Å². The van der Waals surface area contributed by atoms with Crippen LogP contribution in [-0.4, -0.2) is 25.3 Å². The maximum Gasteiger partial charge on any atom is 0.347 e. The Morgan fingerprint density at radius 1 is 1.08 bits per heavy atom. The largest absolute Gasteiger partial charge is 0.493 e. The highest BCUT2D eigenvalue weighted by atomic mass is 16.5. The van der Waals surface area contributed by atoms with E-state index >= 15 is 0 Å². The molecule has 7 heteroatoms. The first-order chi connectivity index (χ1) is 12.7. The molecular weight excluding hydrogens is 338 g/mol. The zero-order valence-electron chi connectivity index (χ0n) is 14.2. The fourth-order valence-corrected chi connectivity index (χ4v) is 2.71. The summed E-state index contributed by atoms with van der Waals surface area (Å²) < 4.78 is 27.4. The molecule has 0 atom stereocenters. The molecule has 0 unspecified atom stereocenters. The molecular formula is C19H17NO6. The van der Waals surface area contributed by atoms with Crippen molar-refractivity contribution < 1.29 is 23.4 Å². The van der Waals surface area contributed by atoms with Crippen molar-refractivity contribution in [2.45, 2.75) is 13.0 Å². The third kappa shape index (κ3) is 3.15. The summed E-state index contributed by atoms with van der Waals surface area (Å²) in [6.07, 6.45) is 0.783. The lowest BCUT2D eigenvalue weighted by Crippen LogP contribution is -2.08. The summed E-state index contributed by atoms with van der Waals surface area (Å²) in [6, 6.07) is 10.5. The zero-order chi connectivity index (χ0) is 17.9. The van der Waals surface area contributed by atoms with Crippen LogP contribution < -0.4 is 24.6 Å². The molecule has 7 nitrogen and oxygen atoms in total. The lowest BCUT2D eigenvalue weighted by atomic mass is 10.2. The second-order valence-electron chi connectivity index (χ2n) is 5.70. The lowest BCUT2D eigenvalue weighted by Gasteiger charge is -2.10. The Labute approximate surface area is 149 Å². The van der Waals surface area contributed by atoms with Gasteiger partial charge in [0.15, 0.2) is 29.6 Å². The molecule has 1 aliphatic rings. The summed E-state index contributed by atoms with van der Waals surface area (Å²) in [5.74, 6) is 2.40. The second kappa shape index (κ2) is 6.95. The van der Waals surface area contributed by atoms with Crippen LogP contribution in [0, 0.1) is 0 Å². The van der Waals surface area contributed by atoms with Crippen LogP contribution in [0.3, 0.4) is 0 Å². The number of benzene rings is 2. The van der Waals surface area contributed by atoms with Crippen molar-refractivity contribution in [2.24, 2.45) is 0 Å². The molecule has 1 aliphatic heterocycles. The molecule has 3 aromatic rings. The minimum atomic E-state index is -0.496. The third-order valence-electron chi connectivity index (χ3n) is 3.96. The third-order valence-corrected chi connectivity index (χ3v) is 3.96. The van der Waals surface area contributed by atoms with Crippen molar-refractivity contribution in [2.75, 3.05) is 20.3 Å². The van der Waals surface area contributed by atoms with Gasteiger partial charge in [0.25, 0.3) is 0 Å². The van der Waals surface area contributed by atoms with Gasteiger partial charge in [0.2, 0.25) is 5.89 Å². The van der Waals surface area contributed by atoms with E-state index in [9.17, 15) is 4.79 Å². The van der Waals surface area contributed by atoms with E-state index in [0.717, 1.165) is 6.42 Å². The molecule has 0 radical (unpaired) electrons. The molecule has 2 aromatic carbocycles. The van der Waals surface area contributed by atoms with Crippen LogP contribution in [-0.2, 0) is 6.61 Å². The molecule has 0 N–H and O–H groups in total. The summed E-state index contributed by atoms with van der Waals surface area (Å²) >= 11 is 0. The fraction of sp³-hybridized carbons (Fsp3) is 0.263. The number of para-hydroxylation sites is 2. The van der Waals surface area contributed by atoms with E-state index < -0.39 is 5.63 Å². The summed E-state index contributed by atoms with van der Waals surface area (Å²) in [6.45, 7) is 1.10. The molecule has 4 rings (SSSR count). The summed E-state index contributed by atoms with van der Waals surface area (Å²) in [4.78, 5) is 16.7. The Morgan fingerprint density at radius 3 is 2.58 bits per heavy atom. The quantitative estimate of drug-likeness (QED) is 0.712. The van der Waals surface area contributed by atoms with Crippen molar-refractivity contribution in [3.05, 3.63) is 52.7 Å². The van der Waals surface area contributed by atoms with Gasteiger partial charge < -0.3 is 23.4 Å². The van der Waals surface area contributed by atoms with Gasteiger partial charge in [-0.25, -0.2) is 9.78 Å². The van der Waals surface area contributed by atoms with E-state index in [1.165, 1.54) is 0 Å². The monoisotopic (exact) mass is 355 g/mol. The standard InChI is InChI=1S/C19H17NO6/c1-22-14-5-2-3-6-15(14)25-11-18-20-13-10-17-16(23-7-4-8-24-17)9-12(13)19(21)26-18/h2-3,5-6,9-10H,4,7-8,11H2,1H3. The van der Waals surface area contributed by atoms with Crippen LogP contribution in [0.1, 0.15) is 12.3 Å². The lowest BCUT2D eigenvalue weighted by molar-refractivity contribution is 0.242. The molecule has 0 spiro atoms. The number of rotatable bonds is 4. The molecule has 0 bridgehead atoms. The Balaban J connectivity index is 1.65. The van der Waals surface area contributed by atoms with Crippen LogP contribution in [0.4, 0.5) is 0 Å². The highest BCUT2D eigenvalue weighted by Crippen LogP contribution is 2.33. The minimum absolute atomic E-state index is 0.00000472. The maximum absolute atomic E-state index is 12.3. The van der Waals surface area contributed by atoms with Gasteiger partial charge in [-0.2, -0.15) is 0 Å². The van der Waals surface area contributed by atoms with Gasteiger partial charge in [0.1, 0.15) is 0 Å². The average Bonchev–Trinajstić information content (AvgIpc) is 2.90. The number of methoxy groups -OCH3 is 1. The van der Waals surface area contributed by atoms with E-state index in [0.29, 0.717) is 47.1 Å². The molecule has 0 saturated heterocycles. The van der Waals surface area contributed by atoms with Gasteiger partial charge in [-0.3, -0.25) is 0 Å². The van der Waals surface area contributed by atoms with Crippen LogP contribution in [0.5, 0.6) is 23.0 Å². The van der Waals surface area contributed by atoms with E-state index in [1.54, 1.807) is 31.4 Å². The predicted octanol–water partition coefficient (Wildman–Crippen LogP) is 2.94. The normalized spacial score (nSPS) is 13.3. The molecule has 26 heavy (non-hydrogen) atoms. The first-order valence-electron chi connectivity index (χ1n) is 8.24. The summed E-state index contributed by atoms with van der Waals surface area (Å²) in [5, 5.41) is 0.343. The number of hydrogen-bond donors (Lipinski definition) is 0. The molecule has 0 aliphatic carbocycles. The van der Waals surface area contributed by atoms with Crippen molar-refractivity contribution in [1.82, 2.24) is 4.98 Å². The Bertz CT molecular complexity index is 997. The number of ether oxygens (including phenoxy) is 4. The van der Waals surface area contributed by atoms with Gasteiger partial charge >= 0.3 is 5.63 Å².